The maximum atomic E-state index is 14.4. The Morgan fingerprint density at radius 2 is 0.821 bits per heavy atom. The lowest BCUT2D eigenvalue weighted by Gasteiger charge is -2.61. The average Bonchev–Trinajstić information content (AvgIpc) is 2.53. The summed E-state index contributed by atoms with van der Waals surface area (Å²) in [5, 5.41) is 0. The number of hydrogen-bond donors (Lipinski definition) is 0. The largest absolute Gasteiger partial charge is 0.434 e. The maximum Gasteiger partial charge on any atom is 0.434 e. The molecule has 0 saturated heterocycles. The monoisotopic (exact) mass is 458 g/mol. The summed E-state index contributed by atoms with van der Waals surface area (Å²) >= 11 is 0. The van der Waals surface area contributed by atoms with Gasteiger partial charge in [0.1, 0.15) is 0 Å². The molecule has 0 aromatic rings. The van der Waals surface area contributed by atoms with Crippen LogP contribution in [0.25, 0.3) is 0 Å². The molecular weight excluding hydrogens is 455 g/mol. The van der Waals surface area contributed by atoms with Gasteiger partial charge in [-0.15, -0.1) is 0 Å². The van der Waals surface area contributed by atoms with Gasteiger partial charge < -0.3 is 0 Å². The fourth-order valence-electron chi connectivity index (χ4n) is 3.21. The van der Waals surface area contributed by atoms with Gasteiger partial charge in [0.25, 0.3) is 5.67 Å². The van der Waals surface area contributed by atoms with Gasteiger partial charge in [-0.3, -0.25) is 0 Å². The predicted octanol–water partition coefficient (Wildman–Crippen LogP) is 5.26. The van der Waals surface area contributed by atoms with E-state index < -0.39 is 65.4 Å². The van der Waals surface area contributed by atoms with Crippen LogP contribution < -0.4 is 0 Å². The van der Waals surface area contributed by atoms with Crippen LogP contribution in [0.5, 0.6) is 0 Å². The van der Waals surface area contributed by atoms with Crippen LogP contribution in [0.3, 0.4) is 0 Å². The van der Waals surface area contributed by atoms with Crippen molar-refractivity contribution in [1.29, 1.82) is 0 Å². The lowest BCUT2D eigenvalue weighted by molar-refractivity contribution is -0.480. The molecule has 2 aliphatic carbocycles. The van der Waals surface area contributed by atoms with E-state index >= 15 is 0 Å². The van der Waals surface area contributed by atoms with E-state index in [2.05, 4.69) is 0 Å². The zero-order valence-corrected chi connectivity index (χ0v) is 12.2. The minimum atomic E-state index is -8.05. The standard InChI is InChI=1S/C11H3F17/c12-1-4(15)2(13)8(21,22)9(23,11(26,27)28)10(24,25)5(4,16)3(14)7(19,20)6(1,17)18/h1-3H. The summed E-state index contributed by atoms with van der Waals surface area (Å²) in [6, 6.07) is 0. The van der Waals surface area contributed by atoms with E-state index in [-0.39, 0.29) is 0 Å². The Morgan fingerprint density at radius 1 is 0.500 bits per heavy atom. The van der Waals surface area contributed by atoms with Crippen LogP contribution in [0.2, 0.25) is 0 Å². The van der Waals surface area contributed by atoms with Gasteiger partial charge in [-0.05, 0) is 0 Å². The summed E-state index contributed by atoms with van der Waals surface area (Å²) in [5.41, 5.74) is -22.5. The van der Waals surface area contributed by atoms with Crippen LogP contribution >= 0.6 is 0 Å². The molecule has 0 spiro atoms. The summed E-state index contributed by atoms with van der Waals surface area (Å²) in [6.07, 6.45) is -26.4. The molecule has 6 atom stereocenters. The van der Waals surface area contributed by atoms with Crippen molar-refractivity contribution in [1.82, 2.24) is 0 Å². The van der Waals surface area contributed by atoms with Crippen LogP contribution in [-0.4, -0.2) is 65.4 Å². The SMILES string of the molecule is FC1C(F)(F)C(F)(F)C(F)C2(F)C1(F)C(F)C(F)(F)C(F)(C(F)(F)F)C2(F)F. The van der Waals surface area contributed by atoms with Crippen molar-refractivity contribution >= 4 is 0 Å². The first kappa shape index (κ1) is 23.1. The smallest absolute Gasteiger partial charge is 0.237 e. The minimum absolute atomic E-state index is 6.07. The number of alkyl halides is 17. The van der Waals surface area contributed by atoms with Crippen LogP contribution in [0.4, 0.5) is 74.6 Å². The Balaban J connectivity index is 3.04. The number of fused-ring (bicyclic) bond motifs is 1. The molecule has 0 heterocycles. The van der Waals surface area contributed by atoms with E-state index in [1.165, 1.54) is 0 Å². The van der Waals surface area contributed by atoms with Gasteiger partial charge in [-0.25, -0.2) is 26.3 Å². The van der Waals surface area contributed by atoms with Gasteiger partial charge >= 0.3 is 35.5 Å². The van der Waals surface area contributed by atoms with Crippen LogP contribution in [-0.2, 0) is 0 Å². The molecular formula is C11H3F17. The molecule has 0 aromatic carbocycles. The van der Waals surface area contributed by atoms with Crippen molar-refractivity contribution < 1.29 is 74.6 Å². The van der Waals surface area contributed by atoms with Gasteiger partial charge in [0.05, 0.1) is 0 Å². The molecule has 0 bridgehead atoms. The second-order valence-corrected chi connectivity index (χ2v) is 6.17. The molecule has 2 fully saturated rings. The Labute approximate surface area is 141 Å². The Kier molecular flexibility index (Phi) is 4.21. The molecule has 166 valence electrons. The molecule has 2 rings (SSSR count). The quantitative estimate of drug-likeness (QED) is 0.435. The van der Waals surface area contributed by atoms with E-state index in [1.807, 2.05) is 0 Å². The average molecular weight is 458 g/mol. The van der Waals surface area contributed by atoms with Crippen molar-refractivity contribution in [3.8, 4) is 0 Å². The van der Waals surface area contributed by atoms with E-state index in [1.54, 1.807) is 0 Å². The van der Waals surface area contributed by atoms with Gasteiger partial charge in [0.2, 0.25) is 24.2 Å². The van der Waals surface area contributed by atoms with Crippen molar-refractivity contribution in [3.05, 3.63) is 0 Å². The lowest BCUT2D eigenvalue weighted by atomic mass is 9.54. The van der Waals surface area contributed by atoms with Crippen molar-refractivity contribution in [2.24, 2.45) is 0 Å². The molecule has 0 aromatic heterocycles. The van der Waals surface area contributed by atoms with E-state index in [0.717, 1.165) is 0 Å². The zero-order chi connectivity index (χ0) is 22.7. The third kappa shape index (κ3) is 1.78. The summed E-state index contributed by atoms with van der Waals surface area (Å²) in [7, 11) is 0. The maximum absolute atomic E-state index is 14.4. The summed E-state index contributed by atoms with van der Waals surface area (Å²) in [6.45, 7) is 0. The number of hydrogen-bond acceptors (Lipinski definition) is 0. The zero-order valence-electron chi connectivity index (χ0n) is 12.2. The summed E-state index contributed by atoms with van der Waals surface area (Å²) < 4.78 is 229. The lowest BCUT2D eigenvalue weighted by Crippen LogP contribution is -2.93. The topological polar surface area (TPSA) is 0 Å². The van der Waals surface area contributed by atoms with E-state index in [9.17, 15) is 74.6 Å². The van der Waals surface area contributed by atoms with Crippen molar-refractivity contribution in [2.75, 3.05) is 0 Å². The van der Waals surface area contributed by atoms with Crippen molar-refractivity contribution in [3.63, 3.8) is 0 Å². The summed E-state index contributed by atoms with van der Waals surface area (Å²) in [5.74, 6) is -29.7. The summed E-state index contributed by atoms with van der Waals surface area (Å²) in [4.78, 5) is 0. The first-order valence-corrected chi connectivity index (χ1v) is 6.53. The molecule has 0 radical (unpaired) electrons. The van der Waals surface area contributed by atoms with Gasteiger partial charge in [0, 0.05) is 0 Å². The molecule has 0 amide bonds. The number of rotatable bonds is 0. The van der Waals surface area contributed by atoms with Gasteiger partial charge in [0.15, 0.2) is 0 Å². The molecule has 2 aliphatic rings. The normalized spacial score (nSPS) is 49.4. The second kappa shape index (κ2) is 5.10. The van der Waals surface area contributed by atoms with Gasteiger partial charge in [-0.1, -0.05) is 0 Å². The third-order valence-electron chi connectivity index (χ3n) is 4.78. The highest BCUT2D eigenvalue weighted by Gasteiger charge is 3.05. The minimum Gasteiger partial charge on any atom is -0.237 e. The third-order valence-corrected chi connectivity index (χ3v) is 4.78. The fourth-order valence-corrected chi connectivity index (χ4v) is 3.21. The van der Waals surface area contributed by atoms with Crippen LogP contribution in [0, 0.1) is 0 Å². The molecule has 17 heteroatoms. The van der Waals surface area contributed by atoms with Crippen molar-refractivity contribution in [2.45, 2.75) is 65.4 Å². The highest BCUT2D eigenvalue weighted by Crippen LogP contribution is 2.74. The highest BCUT2D eigenvalue weighted by atomic mass is 19.4. The molecule has 6 unspecified atom stereocenters. The molecule has 0 aliphatic heterocycles. The molecule has 2 saturated carbocycles. The molecule has 0 nitrogen and oxygen atoms in total. The van der Waals surface area contributed by atoms with E-state index in [0.29, 0.717) is 0 Å². The second-order valence-electron chi connectivity index (χ2n) is 6.17. The number of halogens is 17. The highest BCUT2D eigenvalue weighted by molar-refractivity contribution is 5.39. The Morgan fingerprint density at radius 3 is 1.18 bits per heavy atom. The van der Waals surface area contributed by atoms with Crippen LogP contribution in [0.1, 0.15) is 0 Å². The predicted molar refractivity (Wildman–Crippen MR) is 52.0 cm³/mol. The van der Waals surface area contributed by atoms with E-state index in [4.69, 9.17) is 0 Å². The molecule has 28 heavy (non-hydrogen) atoms. The fraction of sp³-hybridized carbons (Fsp3) is 1.00. The van der Waals surface area contributed by atoms with Gasteiger partial charge in [-0.2, -0.15) is 48.3 Å². The Hall–Kier alpha value is -1.19. The first-order valence-electron chi connectivity index (χ1n) is 6.53. The Bertz CT molecular complexity index is 667. The molecule has 0 N–H and O–H groups in total. The van der Waals surface area contributed by atoms with Crippen LogP contribution in [0.15, 0.2) is 0 Å². The first-order chi connectivity index (χ1) is 12.0.